The molecule has 0 bridgehead atoms. The molecule has 256 valence electrons. The summed E-state index contributed by atoms with van der Waals surface area (Å²) in [6, 6.07) is 16.3. The normalized spacial score (nSPS) is 11.9. The van der Waals surface area contributed by atoms with E-state index in [1.54, 1.807) is 48.7 Å². The first-order valence-electron chi connectivity index (χ1n) is 15.2. The average molecular weight is 733 g/mol. The largest absolute Gasteiger partial charge is 0.487 e. The van der Waals surface area contributed by atoms with E-state index in [0.717, 1.165) is 0 Å². The maximum atomic E-state index is 14.0. The SMILES string of the molecule is CSc1nccc(COc2ccc(CO)cc2C[C@H](Oc2ncnc3sc(-c4ccc(F)cc4)c(-c4ccc(CO)c(Cl)c4C)c23)C(=O)O)n1. The summed E-state index contributed by atoms with van der Waals surface area (Å²) in [6.07, 6.45) is 3.24. The molecule has 14 heteroatoms. The van der Waals surface area contributed by atoms with Gasteiger partial charge in [-0.05, 0) is 76.9 Å². The second-order valence-corrected chi connectivity index (χ2v) is 13.3. The van der Waals surface area contributed by atoms with Gasteiger partial charge >= 0.3 is 5.97 Å². The second kappa shape index (κ2) is 15.5. The highest BCUT2D eigenvalue weighted by molar-refractivity contribution is 7.98. The number of nitrogens with zero attached hydrogens (tertiary/aromatic N) is 4. The first kappa shape index (κ1) is 35.2. The van der Waals surface area contributed by atoms with Gasteiger partial charge in [-0.1, -0.05) is 53.7 Å². The van der Waals surface area contributed by atoms with E-state index in [2.05, 4.69) is 19.9 Å². The molecule has 6 rings (SSSR count). The fourth-order valence-corrected chi connectivity index (χ4v) is 7.20. The van der Waals surface area contributed by atoms with Crippen molar-refractivity contribution in [3.63, 3.8) is 0 Å². The lowest BCUT2D eigenvalue weighted by Gasteiger charge is -2.19. The van der Waals surface area contributed by atoms with Crippen LogP contribution in [0.15, 0.2) is 78.3 Å². The number of thiophene rings is 1. The minimum atomic E-state index is -1.44. The number of halogens is 2. The van der Waals surface area contributed by atoms with Crippen molar-refractivity contribution in [2.75, 3.05) is 6.26 Å². The molecular weight excluding hydrogens is 703 g/mol. The Kier molecular flexibility index (Phi) is 10.9. The van der Waals surface area contributed by atoms with Crippen LogP contribution < -0.4 is 9.47 Å². The predicted molar refractivity (Wildman–Crippen MR) is 190 cm³/mol. The van der Waals surface area contributed by atoms with Crippen LogP contribution in [0.4, 0.5) is 4.39 Å². The van der Waals surface area contributed by atoms with Crippen LogP contribution in [0.5, 0.6) is 11.6 Å². The lowest BCUT2D eigenvalue weighted by atomic mass is 9.94. The molecule has 6 aromatic rings. The molecule has 0 aliphatic heterocycles. The molecule has 0 radical (unpaired) electrons. The van der Waals surface area contributed by atoms with Crippen molar-refractivity contribution in [1.82, 2.24) is 19.9 Å². The highest BCUT2D eigenvalue weighted by atomic mass is 35.5. The van der Waals surface area contributed by atoms with Crippen molar-refractivity contribution in [2.45, 2.75) is 44.4 Å². The molecule has 0 aliphatic rings. The molecule has 1 atom stereocenters. The minimum absolute atomic E-state index is 0.0233. The highest BCUT2D eigenvalue weighted by Crippen LogP contribution is 2.49. The molecule has 3 N–H and O–H groups in total. The van der Waals surface area contributed by atoms with Crippen LogP contribution in [0.3, 0.4) is 0 Å². The Morgan fingerprint density at radius 1 is 1.02 bits per heavy atom. The van der Waals surface area contributed by atoms with Crippen LogP contribution in [-0.2, 0) is 31.0 Å². The molecule has 3 aromatic carbocycles. The Labute approximate surface area is 299 Å². The van der Waals surface area contributed by atoms with Gasteiger partial charge in [0.2, 0.25) is 12.0 Å². The smallest absolute Gasteiger partial charge is 0.345 e. The number of fused-ring (bicyclic) bond motifs is 1. The molecule has 0 unspecified atom stereocenters. The molecule has 0 saturated carbocycles. The summed E-state index contributed by atoms with van der Waals surface area (Å²) < 4.78 is 26.3. The lowest BCUT2D eigenvalue weighted by Crippen LogP contribution is -2.30. The van der Waals surface area contributed by atoms with E-state index in [1.165, 1.54) is 41.6 Å². The summed E-state index contributed by atoms with van der Waals surface area (Å²) in [5.41, 5.74) is 4.92. The van der Waals surface area contributed by atoms with Crippen LogP contribution in [0.1, 0.15) is 27.9 Å². The molecule has 3 aromatic heterocycles. The number of carboxylic acid groups (broad SMARTS) is 1. The van der Waals surface area contributed by atoms with Gasteiger partial charge in [-0.15, -0.1) is 11.3 Å². The van der Waals surface area contributed by atoms with Gasteiger partial charge in [0.1, 0.15) is 29.3 Å². The van der Waals surface area contributed by atoms with Crippen LogP contribution in [0.2, 0.25) is 5.02 Å². The standard InChI is InChI=1S/C36H30ClFN4O6S2/c1-19-26(9-6-22(16-44)31(19)37)29-30-33(40-18-41-34(30)50-32(29)21-4-7-24(38)8-5-21)48-28(35(45)46)14-23-13-20(15-43)3-10-27(23)47-17-25-11-12-39-36(42-25)49-2/h3-13,18,28,43-44H,14-17H2,1-2H3,(H,45,46)/t28-/m0/s1. The molecule has 3 heterocycles. The number of carbonyl (C=O) groups is 1. The van der Waals surface area contributed by atoms with E-state index >= 15 is 0 Å². The van der Waals surface area contributed by atoms with E-state index in [0.29, 0.717) is 75.7 Å². The predicted octanol–water partition coefficient (Wildman–Crippen LogP) is 7.28. The Morgan fingerprint density at radius 3 is 2.54 bits per heavy atom. The number of thioether (sulfide) groups is 1. The van der Waals surface area contributed by atoms with Crippen molar-refractivity contribution in [3.8, 4) is 33.2 Å². The third-order valence-electron chi connectivity index (χ3n) is 7.96. The Balaban J connectivity index is 1.42. The van der Waals surface area contributed by atoms with Gasteiger partial charge in [0.25, 0.3) is 0 Å². The minimum Gasteiger partial charge on any atom is -0.487 e. The number of ether oxygens (including phenoxy) is 2. The van der Waals surface area contributed by atoms with Gasteiger partial charge in [-0.3, -0.25) is 0 Å². The molecular formula is C36H30ClFN4O6S2. The number of aliphatic hydroxyl groups is 2. The van der Waals surface area contributed by atoms with Crippen molar-refractivity contribution in [3.05, 3.63) is 112 Å². The maximum absolute atomic E-state index is 14.0. The van der Waals surface area contributed by atoms with E-state index in [1.807, 2.05) is 19.2 Å². The van der Waals surface area contributed by atoms with E-state index < -0.39 is 17.9 Å². The zero-order chi connectivity index (χ0) is 35.4. The third-order valence-corrected chi connectivity index (χ3v) is 10.2. The molecule has 50 heavy (non-hydrogen) atoms. The van der Waals surface area contributed by atoms with Crippen molar-refractivity contribution >= 4 is 50.9 Å². The van der Waals surface area contributed by atoms with Gasteiger partial charge in [-0.25, -0.2) is 29.1 Å². The van der Waals surface area contributed by atoms with Crippen LogP contribution >= 0.6 is 34.7 Å². The Morgan fingerprint density at radius 2 is 1.82 bits per heavy atom. The van der Waals surface area contributed by atoms with Gasteiger partial charge < -0.3 is 24.8 Å². The van der Waals surface area contributed by atoms with Gasteiger partial charge in [0.15, 0.2) is 5.16 Å². The molecule has 0 spiro atoms. The highest BCUT2D eigenvalue weighted by Gasteiger charge is 2.28. The fraction of sp³-hybridized carbons (Fsp3) is 0.194. The van der Waals surface area contributed by atoms with Gasteiger partial charge in [0, 0.05) is 28.1 Å². The third kappa shape index (κ3) is 7.42. The first-order chi connectivity index (χ1) is 24.2. The zero-order valence-electron chi connectivity index (χ0n) is 26.8. The number of carboxylic acids is 1. The number of hydrogen-bond donors (Lipinski definition) is 3. The van der Waals surface area contributed by atoms with Crippen LogP contribution in [-0.4, -0.2) is 53.6 Å². The Hall–Kier alpha value is -4.66. The topological polar surface area (TPSA) is 148 Å². The molecule has 10 nitrogen and oxygen atoms in total. The summed E-state index contributed by atoms with van der Waals surface area (Å²) in [5, 5.41) is 31.6. The molecule has 0 amide bonds. The monoisotopic (exact) mass is 732 g/mol. The molecule has 0 aliphatic carbocycles. The number of aliphatic carboxylic acids is 1. The van der Waals surface area contributed by atoms with Gasteiger partial charge in [0.05, 0.1) is 24.3 Å². The summed E-state index contributed by atoms with van der Waals surface area (Å²) in [5.74, 6) is -1.22. The quantitative estimate of drug-likeness (QED) is 0.0813. The van der Waals surface area contributed by atoms with Crippen LogP contribution in [0.25, 0.3) is 31.8 Å². The number of aliphatic hydroxyl groups excluding tert-OH is 2. The van der Waals surface area contributed by atoms with Crippen molar-refractivity contribution in [2.24, 2.45) is 0 Å². The zero-order valence-corrected chi connectivity index (χ0v) is 29.2. The fourth-order valence-electron chi connectivity index (χ4n) is 5.44. The lowest BCUT2D eigenvalue weighted by molar-refractivity contribution is -0.145. The van der Waals surface area contributed by atoms with E-state index in [9.17, 15) is 24.5 Å². The first-order valence-corrected chi connectivity index (χ1v) is 17.7. The number of aromatic nitrogens is 4. The summed E-state index contributed by atoms with van der Waals surface area (Å²) in [7, 11) is 0. The number of hydrogen-bond acceptors (Lipinski definition) is 11. The van der Waals surface area contributed by atoms with E-state index in [-0.39, 0.29) is 32.1 Å². The number of rotatable bonds is 13. The van der Waals surface area contributed by atoms with Crippen molar-refractivity contribution in [1.29, 1.82) is 0 Å². The molecule has 0 saturated heterocycles. The van der Waals surface area contributed by atoms with Gasteiger partial charge in [-0.2, -0.15) is 0 Å². The average Bonchev–Trinajstić information content (AvgIpc) is 3.52. The maximum Gasteiger partial charge on any atom is 0.345 e. The summed E-state index contributed by atoms with van der Waals surface area (Å²) >= 11 is 9.39. The van der Waals surface area contributed by atoms with Crippen molar-refractivity contribution < 1.29 is 34.0 Å². The second-order valence-electron chi connectivity index (χ2n) is 11.1. The Bertz CT molecular complexity index is 2180. The summed E-state index contributed by atoms with van der Waals surface area (Å²) in [4.78, 5) is 31.5. The van der Waals surface area contributed by atoms with E-state index in [4.69, 9.17) is 21.1 Å². The summed E-state index contributed by atoms with van der Waals surface area (Å²) in [6.45, 7) is 1.41. The molecule has 0 fully saturated rings. The number of benzene rings is 3. The van der Waals surface area contributed by atoms with Crippen LogP contribution in [0, 0.1) is 12.7 Å².